The Morgan fingerprint density at radius 3 is 2.28 bits per heavy atom. The number of anilines is 1. The van der Waals surface area contributed by atoms with Crippen molar-refractivity contribution in [2.75, 3.05) is 31.1 Å². The number of nitrogens with zero attached hydrogens (tertiary/aromatic N) is 4. The summed E-state index contributed by atoms with van der Waals surface area (Å²) in [7, 11) is 0. The molecule has 1 amide bonds. The van der Waals surface area contributed by atoms with Crippen LogP contribution in [0.5, 0.6) is 0 Å². The Morgan fingerprint density at radius 1 is 0.974 bits per heavy atom. The highest BCUT2D eigenvalue weighted by atomic mass is 16.5. The van der Waals surface area contributed by atoms with Crippen molar-refractivity contribution in [1.82, 2.24) is 20.4 Å². The smallest absolute Gasteiger partial charge is 0.241 e. The van der Waals surface area contributed by atoms with Gasteiger partial charge in [-0.3, -0.25) is 9.69 Å². The molecule has 2 aromatic carbocycles. The van der Waals surface area contributed by atoms with Gasteiger partial charge in [-0.1, -0.05) is 62.3 Å². The topological polar surface area (TPSA) is 74.5 Å². The molecule has 7 nitrogen and oxygen atoms in total. The number of carbonyl (C=O) groups is 1. The van der Waals surface area contributed by atoms with Gasteiger partial charge in [0.05, 0.1) is 12.6 Å². The molecule has 2 aliphatic heterocycles. The standard InChI is InChI=1S/C32H43N5O2/c1-23(24-10-14-28(15-11-24)37-18-6-5-7-19-37)33-31(38)26-16-20-36(21-17-26)22-29-34-30(35-39-29)25-8-12-27(13-9-25)32(2,3)4/h8-15,23,26H,5-7,16-22H2,1-4H3,(H,33,38). The molecule has 1 unspecified atom stereocenters. The van der Waals surface area contributed by atoms with Crippen molar-refractivity contribution in [3.8, 4) is 11.4 Å². The summed E-state index contributed by atoms with van der Waals surface area (Å²) < 4.78 is 5.56. The maximum Gasteiger partial charge on any atom is 0.241 e. The average molecular weight is 530 g/mol. The molecule has 0 bridgehead atoms. The first-order valence-electron chi connectivity index (χ1n) is 14.6. The SMILES string of the molecule is CC(NC(=O)C1CCN(Cc2nc(-c3ccc(C(C)(C)C)cc3)no2)CC1)c1ccc(N2CCCCC2)cc1. The predicted molar refractivity (Wildman–Crippen MR) is 155 cm³/mol. The minimum atomic E-state index is 0.000198. The van der Waals surface area contributed by atoms with Crippen molar-refractivity contribution < 1.29 is 9.32 Å². The van der Waals surface area contributed by atoms with Crippen LogP contribution in [0.3, 0.4) is 0 Å². The monoisotopic (exact) mass is 529 g/mol. The summed E-state index contributed by atoms with van der Waals surface area (Å²) in [4.78, 5) is 22.4. The maximum absolute atomic E-state index is 13.0. The van der Waals surface area contributed by atoms with Crippen molar-refractivity contribution in [1.29, 1.82) is 0 Å². The molecule has 2 aliphatic rings. The first-order valence-corrected chi connectivity index (χ1v) is 14.6. The fourth-order valence-electron chi connectivity index (χ4n) is 5.64. The van der Waals surface area contributed by atoms with E-state index in [-0.39, 0.29) is 23.3 Å². The zero-order chi connectivity index (χ0) is 27.4. The van der Waals surface area contributed by atoms with E-state index in [1.165, 1.54) is 30.5 Å². The van der Waals surface area contributed by atoms with Gasteiger partial charge in [0, 0.05) is 30.3 Å². The van der Waals surface area contributed by atoms with Gasteiger partial charge in [0.15, 0.2) is 0 Å². The van der Waals surface area contributed by atoms with Crippen LogP contribution in [0.25, 0.3) is 11.4 Å². The van der Waals surface area contributed by atoms with E-state index in [0.29, 0.717) is 18.3 Å². The molecule has 0 aliphatic carbocycles. The number of hydrogen-bond acceptors (Lipinski definition) is 6. The van der Waals surface area contributed by atoms with E-state index in [0.717, 1.165) is 50.1 Å². The molecule has 0 radical (unpaired) electrons. The van der Waals surface area contributed by atoms with Crippen LogP contribution < -0.4 is 10.2 Å². The molecule has 0 spiro atoms. The third-order valence-corrected chi connectivity index (χ3v) is 8.27. The number of benzene rings is 2. The minimum absolute atomic E-state index is 0.000198. The van der Waals surface area contributed by atoms with Gasteiger partial charge < -0.3 is 14.7 Å². The number of aromatic nitrogens is 2. The Morgan fingerprint density at radius 2 is 1.64 bits per heavy atom. The van der Waals surface area contributed by atoms with Crippen LogP contribution in [0.15, 0.2) is 53.1 Å². The van der Waals surface area contributed by atoms with Crippen LogP contribution in [0, 0.1) is 5.92 Å². The lowest BCUT2D eigenvalue weighted by Gasteiger charge is -2.31. The molecular weight excluding hydrogens is 486 g/mol. The molecule has 1 aromatic heterocycles. The van der Waals surface area contributed by atoms with Crippen LogP contribution in [-0.4, -0.2) is 47.1 Å². The number of rotatable bonds is 7. The molecule has 1 atom stereocenters. The van der Waals surface area contributed by atoms with Gasteiger partial charge in [-0.15, -0.1) is 0 Å². The molecule has 2 saturated heterocycles. The van der Waals surface area contributed by atoms with E-state index < -0.39 is 0 Å². The van der Waals surface area contributed by atoms with Crippen LogP contribution >= 0.6 is 0 Å². The lowest BCUT2D eigenvalue weighted by Crippen LogP contribution is -2.41. The van der Waals surface area contributed by atoms with E-state index >= 15 is 0 Å². The van der Waals surface area contributed by atoms with E-state index in [4.69, 9.17) is 4.52 Å². The lowest BCUT2D eigenvalue weighted by atomic mass is 9.87. The lowest BCUT2D eigenvalue weighted by molar-refractivity contribution is -0.127. The second kappa shape index (κ2) is 11.9. The number of hydrogen-bond donors (Lipinski definition) is 1. The van der Waals surface area contributed by atoms with Crippen molar-refractivity contribution >= 4 is 11.6 Å². The highest BCUT2D eigenvalue weighted by Crippen LogP contribution is 2.26. The van der Waals surface area contributed by atoms with Crippen molar-refractivity contribution in [2.45, 2.75) is 77.8 Å². The van der Waals surface area contributed by atoms with E-state index in [2.05, 4.69) is 101 Å². The summed E-state index contributed by atoms with van der Waals surface area (Å²) >= 11 is 0. The molecule has 2 fully saturated rings. The Hall–Kier alpha value is -3.19. The van der Waals surface area contributed by atoms with Gasteiger partial charge in [-0.2, -0.15) is 4.98 Å². The van der Waals surface area contributed by atoms with Gasteiger partial charge in [-0.25, -0.2) is 0 Å². The van der Waals surface area contributed by atoms with Gasteiger partial charge >= 0.3 is 0 Å². The largest absolute Gasteiger partial charge is 0.372 e. The van der Waals surface area contributed by atoms with Crippen molar-refractivity contribution in [2.24, 2.45) is 5.92 Å². The van der Waals surface area contributed by atoms with Gasteiger partial charge in [0.1, 0.15) is 0 Å². The molecule has 39 heavy (non-hydrogen) atoms. The number of piperidine rings is 2. The van der Waals surface area contributed by atoms with E-state index in [1.54, 1.807) is 0 Å². The molecule has 0 saturated carbocycles. The second-order valence-electron chi connectivity index (χ2n) is 12.3. The van der Waals surface area contributed by atoms with Crippen LogP contribution in [0.1, 0.15) is 82.9 Å². The van der Waals surface area contributed by atoms with Crippen molar-refractivity contribution in [3.05, 3.63) is 65.5 Å². The molecular formula is C32H43N5O2. The summed E-state index contributed by atoms with van der Waals surface area (Å²) in [6, 6.07) is 17.1. The fourth-order valence-corrected chi connectivity index (χ4v) is 5.64. The molecule has 5 rings (SSSR count). The fraction of sp³-hybridized carbons (Fsp3) is 0.531. The Balaban J connectivity index is 1.08. The van der Waals surface area contributed by atoms with Crippen LogP contribution in [0.2, 0.25) is 0 Å². The van der Waals surface area contributed by atoms with E-state index in [1.807, 2.05) is 0 Å². The molecule has 3 heterocycles. The number of likely N-dealkylation sites (tertiary alicyclic amines) is 1. The van der Waals surface area contributed by atoms with Crippen LogP contribution in [0.4, 0.5) is 5.69 Å². The summed E-state index contributed by atoms with van der Waals surface area (Å²) in [6.45, 7) is 13.3. The predicted octanol–water partition coefficient (Wildman–Crippen LogP) is 6.11. The van der Waals surface area contributed by atoms with Gasteiger partial charge in [0.2, 0.25) is 17.6 Å². The first kappa shape index (κ1) is 27.4. The normalized spacial score (nSPS) is 18.2. The zero-order valence-corrected chi connectivity index (χ0v) is 23.9. The Bertz CT molecular complexity index is 1210. The average Bonchev–Trinajstić information content (AvgIpc) is 3.42. The molecule has 1 N–H and O–H groups in total. The maximum atomic E-state index is 13.0. The summed E-state index contributed by atoms with van der Waals surface area (Å²) in [5, 5.41) is 7.45. The number of nitrogens with one attached hydrogen (secondary N) is 1. The minimum Gasteiger partial charge on any atom is -0.372 e. The third kappa shape index (κ3) is 6.88. The van der Waals surface area contributed by atoms with Gasteiger partial charge in [0.25, 0.3) is 0 Å². The van der Waals surface area contributed by atoms with Gasteiger partial charge in [-0.05, 0) is 80.8 Å². The highest BCUT2D eigenvalue weighted by molar-refractivity contribution is 5.79. The third-order valence-electron chi connectivity index (χ3n) is 8.27. The molecule has 3 aromatic rings. The van der Waals surface area contributed by atoms with E-state index in [9.17, 15) is 4.79 Å². The van der Waals surface area contributed by atoms with Crippen LogP contribution in [-0.2, 0) is 16.8 Å². The number of carbonyl (C=O) groups excluding carboxylic acids is 1. The zero-order valence-electron chi connectivity index (χ0n) is 23.9. The quantitative estimate of drug-likeness (QED) is 0.398. The summed E-state index contributed by atoms with van der Waals surface area (Å²) in [5.74, 6) is 1.43. The van der Waals surface area contributed by atoms with Crippen molar-refractivity contribution in [3.63, 3.8) is 0 Å². The number of amides is 1. The Kier molecular flexibility index (Phi) is 8.36. The first-order chi connectivity index (χ1) is 18.8. The molecule has 7 heteroatoms. The Labute approximate surface area is 233 Å². The molecule has 208 valence electrons. The summed E-state index contributed by atoms with van der Waals surface area (Å²) in [5.41, 5.74) is 4.80. The highest BCUT2D eigenvalue weighted by Gasteiger charge is 2.27. The summed E-state index contributed by atoms with van der Waals surface area (Å²) in [6.07, 6.45) is 5.55. The second-order valence-corrected chi connectivity index (χ2v) is 12.3.